The molecule has 0 spiro atoms. The van der Waals surface area contributed by atoms with E-state index in [2.05, 4.69) is 75.3 Å². The highest BCUT2D eigenvalue weighted by Crippen LogP contribution is 2.35. The number of pyridine rings is 2. The molecule has 2 saturated heterocycles. The van der Waals surface area contributed by atoms with Crippen LogP contribution in [0.3, 0.4) is 0 Å². The van der Waals surface area contributed by atoms with Crippen molar-refractivity contribution >= 4 is 10.0 Å². The molecule has 306 valence electrons. The minimum atomic E-state index is -3.08. The first kappa shape index (κ1) is 40.9. The van der Waals surface area contributed by atoms with Gasteiger partial charge in [0.25, 0.3) is 11.8 Å². The molecule has 2 atom stereocenters. The van der Waals surface area contributed by atoms with E-state index in [0.717, 1.165) is 63.0 Å². The molecule has 4 aliphatic rings. The Balaban J connectivity index is 0.000000174. The number of rotatable bonds is 12. The molecule has 4 aromatic rings. The lowest BCUT2D eigenvalue weighted by Crippen LogP contribution is -2.44. The zero-order chi connectivity index (χ0) is 39.6. The van der Waals surface area contributed by atoms with Crippen molar-refractivity contribution < 1.29 is 36.8 Å². The van der Waals surface area contributed by atoms with Crippen LogP contribution in [0.15, 0.2) is 85.2 Å². The summed E-state index contributed by atoms with van der Waals surface area (Å²) in [5, 5.41) is 0. The van der Waals surface area contributed by atoms with Crippen LogP contribution in [-0.2, 0) is 32.6 Å². The van der Waals surface area contributed by atoms with Gasteiger partial charge in [-0.2, -0.15) is 0 Å². The van der Waals surface area contributed by atoms with E-state index >= 15 is 0 Å². The van der Waals surface area contributed by atoms with Crippen molar-refractivity contribution in [3.05, 3.63) is 107 Å². The number of piperidine rings is 2. The second-order valence-electron chi connectivity index (χ2n) is 15.1. The maximum Gasteiger partial charge on any atom is 0.257 e. The molecule has 14 heteroatoms. The number of likely N-dealkylation sites (tertiary alicyclic amines) is 1. The van der Waals surface area contributed by atoms with Crippen LogP contribution in [0.5, 0.6) is 23.3 Å². The zero-order valence-corrected chi connectivity index (χ0v) is 34.0. The van der Waals surface area contributed by atoms with Gasteiger partial charge in [0, 0.05) is 64.8 Å². The van der Waals surface area contributed by atoms with E-state index in [-0.39, 0.29) is 12.2 Å². The number of benzene rings is 2. The van der Waals surface area contributed by atoms with E-state index in [1.54, 1.807) is 23.8 Å². The fourth-order valence-corrected chi connectivity index (χ4v) is 8.52. The second kappa shape index (κ2) is 19.4. The van der Waals surface area contributed by atoms with Gasteiger partial charge in [0.2, 0.25) is 10.0 Å². The van der Waals surface area contributed by atoms with Crippen LogP contribution >= 0.6 is 0 Å². The summed E-state index contributed by atoms with van der Waals surface area (Å²) in [7, 11) is 0.736. The molecule has 0 unspecified atom stereocenters. The third-order valence-electron chi connectivity index (χ3n) is 11.0. The van der Waals surface area contributed by atoms with E-state index in [1.165, 1.54) is 17.4 Å². The maximum absolute atomic E-state index is 11.7. The van der Waals surface area contributed by atoms with Crippen LogP contribution < -0.4 is 18.9 Å². The lowest BCUT2D eigenvalue weighted by molar-refractivity contribution is -0.0158. The number of hydrogen-bond acceptors (Lipinski definition) is 12. The van der Waals surface area contributed by atoms with Gasteiger partial charge in [-0.1, -0.05) is 48.5 Å². The van der Waals surface area contributed by atoms with Crippen molar-refractivity contribution in [3.63, 3.8) is 0 Å². The molecule has 0 amide bonds. The minimum absolute atomic E-state index is 0.114. The molecular formula is C43H55N5O8S. The summed E-state index contributed by atoms with van der Waals surface area (Å²) < 4.78 is 59.3. The van der Waals surface area contributed by atoms with E-state index in [9.17, 15) is 8.42 Å². The molecule has 6 heterocycles. The lowest BCUT2D eigenvalue weighted by atomic mass is 10.0. The summed E-state index contributed by atoms with van der Waals surface area (Å²) in [6.45, 7) is 7.48. The van der Waals surface area contributed by atoms with Gasteiger partial charge in [-0.25, -0.2) is 22.7 Å². The standard InChI is InChI=1S/C22H28N2O4.C21H27N3O4S/c1-25-13-14-26-19-8-11-24(12-9-19)15-17-4-6-18(7-5-17)21-16-27-20-3-2-10-23-22(20)28-21;1-23(18-9-12-24(13-10-18)29(2,25)26)14-16-5-7-17(8-6-16)20-15-27-19-4-3-11-22-21(19)28-20/h2-7,10,19,21H,8-9,11-16H2,1H3;3-8,11,18,20H,9-10,12-15H2,1-2H3/t21-;20-/m11/s1. The Kier molecular flexibility index (Phi) is 13.9. The second-order valence-corrected chi connectivity index (χ2v) is 17.1. The molecule has 0 saturated carbocycles. The molecule has 2 aromatic heterocycles. The third-order valence-corrected chi connectivity index (χ3v) is 12.3. The average molecular weight is 802 g/mol. The highest BCUT2D eigenvalue weighted by Gasteiger charge is 2.28. The number of sulfonamides is 1. The smallest absolute Gasteiger partial charge is 0.257 e. The molecule has 2 fully saturated rings. The molecule has 0 bridgehead atoms. The number of aromatic nitrogens is 2. The van der Waals surface area contributed by atoms with Crippen molar-refractivity contribution in [3.8, 4) is 23.3 Å². The van der Waals surface area contributed by atoms with Gasteiger partial charge >= 0.3 is 0 Å². The van der Waals surface area contributed by atoms with Crippen molar-refractivity contribution in [2.45, 2.75) is 63.1 Å². The van der Waals surface area contributed by atoms with E-state index < -0.39 is 10.0 Å². The average Bonchev–Trinajstić information content (AvgIpc) is 3.24. The van der Waals surface area contributed by atoms with Gasteiger partial charge in [-0.05, 0) is 79.3 Å². The Morgan fingerprint density at radius 2 is 1.28 bits per heavy atom. The topological polar surface area (TPSA) is 125 Å². The SMILES string of the molecule is CN(Cc1ccc([C@H]2COc3cccnc3O2)cc1)C1CCN(S(C)(=O)=O)CC1.COCCOC1CCN(Cc2ccc([C@H]3COc4cccnc4O3)cc2)CC1. The van der Waals surface area contributed by atoms with Crippen LogP contribution in [0.2, 0.25) is 0 Å². The quantitative estimate of drug-likeness (QED) is 0.164. The van der Waals surface area contributed by atoms with Crippen LogP contribution in [-0.4, -0.2) is 118 Å². The zero-order valence-electron chi connectivity index (χ0n) is 33.2. The van der Waals surface area contributed by atoms with Gasteiger partial charge in [-0.15, -0.1) is 0 Å². The normalized spacial score (nSPS) is 20.5. The summed E-state index contributed by atoms with van der Waals surface area (Å²) >= 11 is 0. The lowest BCUT2D eigenvalue weighted by Gasteiger charge is -2.35. The first-order chi connectivity index (χ1) is 27.7. The van der Waals surface area contributed by atoms with E-state index in [4.69, 9.17) is 28.4 Å². The highest BCUT2D eigenvalue weighted by molar-refractivity contribution is 7.88. The van der Waals surface area contributed by atoms with Gasteiger partial charge in [0.05, 0.1) is 25.6 Å². The molecule has 2 aromatic carbocycles. The van der Waals surface area contributed by atoms with Crippen molar-refractivity contribution in [1.29, 1.82) is 0 Å². The summed E-state index contributed by atoms with van der Waals surface area (Å²) in [4.78, 5) is 13.3. The molecule has 0 N–H and O–H groups in total. The Labute approximate surface area is 336 Å². The van der Waals surface area contributed by atoms with Gasteiger partial charge in [0.15, 0.2) is 23.7 Å². The van der Waals surface area contributed by atoms with Crippen molar-refractivity contribution in [1.82, 2.24) is 24.1 Å². The number of nitrogens with zero attached hydrogens (tertiary/aromatic N) is 5. The predicted molar refractivity (Wildman–Crippen MR) is 216 cm³/mol. The van der Waals surface area contributed by atoms with E-state index in [1.807, 2.05) is 24.3 Å². The largest absolute Gasteiger partial charge is 0.484 e. The molecule has 8 rings (SSSR count). The van der Waals surface area contributed by atoms with Gasteiger partial charge in [0.1, 0.15) is 13.2 Å². The Bertz CT molecular complexity index is 1970. The molecule has 0 radical (unpaired) electrons. The number of ether oxygens (including phenoxy) is 6. The fraction of sp³-hybridized carbons (Fsp3) is 0.488. The van der Waals surface area contributed by atoms with Gasteiger partial charge < -0.3 is 28.4 Å². The molecule has 0 aliphatic carbocycles. The van der Waals surface area contributed by atoms with Crippen LogP contribution in [0.25, 0.3) is 0 Å². The third kappa shape index (κ3) is 11.2. The first-order valence-corrected chi connectivity index (χ1v) is 21.7. The number of methoxy groups -OCH3 is 1. The Hall–Kier alpha value is -4.31. The van der Waals surface area contributed by atoms with Crippen LogP contribution in [0, 0.1) is 0 Å². The van der Waals surface area contributed by atoms with Crippen LogP contribution in [0.4, 0.5) is 0 Å². The summed E-state index contributed by atoms with van der Waals surface area (Å²) in [6, 6.07) is 24.9. The predicted octanol–water partition coefficient (Wildman–Crippen LogP) is 5.67. The molecular weight excluding hydrogens is 747 g/mol. The number of fused-ring (bicyclic) bond motifs is 2. The Morgan fingerprint density at radius 1 is 0.737 bits per heavy atom. The van der Waals surface area contributed by atoms with Gasteiger partial charge in [-0.3, -0.25) is 9.80 Å². The molecule has 57 heavy (non-hydrogen) atoms. The van der Waals surface area contributed by atoms with E-state index in [0.29, 0.717) is 74.9 Å². The molecule has 13 nitrogen and oxygen atoms in total. The monoisotopic (exact) mass is 801 g/mol. The summed E-state index contributed by atoms with van der Waals surface area (Å²) in [6.07, 6.45) is 8.69. The first-order valence-electron chi connectivity index (χ1n) is 19.9. The van der Waals surface area contributed by atoms with Crippen molar-refractivity contribution in [2.75, 3.05) is 73.0 Å². The maximum atomic E-state index is 11.7. The van der Waals surface area contributed by atoms with Crippen LogP contribution in [0.1, 0.15) is 60.1 Å². The fourth-order valence-electron chi connectivity index (χ4n) is 7.64. The summed E-state index contributed by atoms with van der Waals surface area (Å²) in [5.41, 5.74) is 4.72. The minimum Gasteiger partial charge on any atom is -0.484 e. The highest BCUT2D eigenvalue weighted by atomic mass is 32.2. The van der Waals surface area contributed by atoms with Crippen molar-refractivity contribution in [2.24, 2.45) is 0 Å². The number of hydrogen-bond donors (Lipinski definition) is 0. The summed E-state index contributed by atoms with van der Waals surface area (Å²) in [5.74, 6) is 2.50. The Morgan fingerprint density at radius 3 is 1.81 bits per heavy atom. The molecule has 4 aliphatic heterocycles.